The van der Waals surface area contributed by atoms with Crippen molar-refractivity contribution in [2.45, 2.75) is 58.8 Å². The number of nitrogens with zero attached hydrogens (tertiary/aromatic N) is 3. The smallest absolute Gasteiger partial charge is 0.256 e. The van der Waals surface area contributed by atoms with Crippen LogP contribution >= 0.6 is 0 Å². The molecule has 2 aliphatic rings. The SMILES string of the molecule is Cc1cccc(C(=O)N2[C@@H](C(=O)NCc3ccncc3)COC23CCN(C(=O)C(C)(C)C)CC3)c1. The summed E-state index contributed by atoms with van der Waals surface area (Å²) in [6, 6.07) is 10.3. The first kappa shape index (κ1) is 24.9. The number of nitrogens with one attached hydrogen (secondary N) is 1. The summed E-state index contributed by atoms with van der Waals surface area (Å²) in [5.74, 6) is -0.410. The lowest BCUT2D eigenvalue weighted by Gasteiger charge is -2.45. The summed E-state index contributed by atoms with van der Waals surface area (Å²) in [6.07, 6.45) is 4.27. The molecular weight excluding hydrogens is 444 g/mol. The third-order valence-electron chi connectivity index (χ3n) is 6.74. The van der Waals surface area contributed by atoms with Gasteiger partial charge in [0.25, 0.3) is 5.91 Å². The number of piperidine rings is 1. The largest absolute Gasteiger partial charge is 0.353 e. The third kappa shape index (κ3) is 5.22. The Bertz CT molecular complexity index is 1090. The maximum atomic E-state index is 13.8. The number of hydrogen-bond donors (Lipinski definition) is 1. The average Bonchev–Trinajstić information content (AvgIpc) is 3.20. The molecule has 3 amide bonds. The molecule has 4 rings (SSSR count). The minimum absolute atomic E-state index is 0.0774. The summed E-state index contributed by atoms with van der Waals surface area (Å²) in [5, 5.41) is 2.95. The second-order valence-corrected chi connectivity index (χ2v) is 10.4. The highest BCUT2D eigenvalue weighted by Crippen LogP contribution is 2.39. The molecule has 1 atom stereocenters. The van der Waals surface area contributed by atoms with Gasteiger partial charge in [-0.25, -0.2) is 0 Å². The fraction of sp³-hybridized carbons (Fsp3) is 0.481. The van der Waals surface area contributed by atoms with E-state index in [2.05, 4.69) is 10.3 Å². The molecule has 35 heavy (non-hydrogen) atoms. The number of ether oxygens (including phenoxy) is 1. The van der Waals surface area contributed by atoms with Crippen LogP contribution in [0.5, 0.6) is 0 Å². The van der Waals surface area contributed by atoms with E-state index < -0.39 is 17.2 Å². The van der Waals surface area contributed by atoms with Crippen molar-refractivity contribution in [2.24, 2.45) is 5.41 Å². The van der Waals surface area contributed by atoms with Crippen LogP contribution in [0.4, 0.5) is 0 Å². The molecule has 0 bridgehead atoms. The van der Waals surface area contributed by atoms with Crippen molar-refractivity contribution in [3.05, 3.63) is 65.5 Å². The van der Waals surface area contributed by atoms with Gasteiger partial charge in [-0.1, -0.05) is 38.5 Å². The van der Waals surface area contributed by atoms with Crippen LogP contribution in [0.3, 0.4) is 0 Å². The highest BCUT2D eigenvalue weighted by molar-refractivity contribution is 5.98. The van der Waals surface area contributed by atoms with Crippen LogP contribution in [-0.2, 0) is 20.9 Å². The summed E-state index contributed by atoms with van der Waals surface area (Å²) < 4.78 is 6.26. The molecule has 8 nitrogen and oxygen atoms in total. The van der Waals surface area contributed by atoms with E-state index in [0.717, 1.165) is 11.1 Å². The number of carbonyl (C=O) groups excluding carboxylic acids is 3. The second kappa shape index (κ2) is 9.77. The van der Waals surface area contributed by atoms with Gasteiger partial charge < -0.3 is 15.0 Å². The van der Waals surface area contributed by atoms with E-state index in [1.54, 1.807) is 23.4 Å². The normalized spacial score (nSPS) is 19.6. The Morgan fingerprint density at radius 1 is 1.11 bits per heavy atom. The highest BCUT2D eigenvalue weighted by Gasteiger charge is 2.54. The van der Waals surface area contributed by atoms with Gasteiger partial charge in [-0.2, -0.15) is 0 Å². The molecule has 0 radical (unpaired) electrons. The summed E-state index contributed by atoms with van der Waals surface area (Å²) in [6.45, 7) is 9.05. The van der Waals surface area contributed by atoms with Crippen LogP contribution in [0.25, 0.3) is 0 Å². The van der Waals surface area contributed by atoms with Crippen molar-refractivity contribution >= 4 is 17.7 Å². The maximum absolute atomic E-state index is 13.8. The van der Waals surface area contributed by atoms with Crippen LogP contribution in [-0.4, -0.2) is 64.0 Å². The molecule has 0 aliphatic carbocycles. The molecule has 1 spiro atoms. The van der Waals surface area contributed by atoms with Gasteiger partial charge >= 0.3 is 0 Å². The fourth-order valence-electron chi connectivity index (χ4n) is 4.83. The number of aromatic nitrogens is 1. The number of benzene rings is 1. The van der Waals surface area contributed by atoms with Gasteiger partial charge in [-0.3, -0.25) is 24.3 Å². The molecule has 2 fully saturated rings. The standard InChI is InChI=1S/C27H34N4O4/c1-19-6-5-7-21(16-19)24(33)31-22(23(32)29-17-20-8-12-28-13-9-20)18-35-27(31)10-14-30(15-11-27)25(34)26(2,3)4/h5-9,12-13,16,22H,10-11,14-15,17-18H2,1-4H3,(H,29,32)/t22-/m1/s1. The Labute approximate surface area is 206 Å². The number of rotatable bonds is 4. The van der Waals surface area contributed by atoms with E-state index in [-0.39, 0.29) is 24.3 Å². The van der Waals surface area contributed by atoms with Crippen LogP contribution in [0.15, 0.2) is 48.8 Å². The Kier molecular flexibility index (Phi) is 6.94. The summed E-state index contributed by atoms with van der Waals surface area (Å²) in [5.41, 5.74) is 1.01. The molecule has 2 aromatic rings. The first-order chi connectivity index (χ1) is 16.6. The quantitative estimate of drug-likeness (QED) is 0.730. The number of aryl methyl sites for hydroxylation is 1. The topological polar surface area (TPSA) is 91.8 Å². The zero-order chi connectivity index (χ0) is 25.2. The predicted octanol–water partition coefficient (Wildman–Crippen LogP) is 2.91. The van der Waals surface area contributed by atoms with E-state index in [1.807, 2.05) is 62.9 Å². The molecule has 1 aromatic carbocycles. The predicted molar refractivity (Wildman–Crippen MR) is 131 cm³/mol. The highest BCUT2D eigenvalue weighted by atomic mass is 16.5. The Balaban J connectivity index is 1.57. The van der Waals surface area contributed by atoms with Crippen LogP contribution in [0.1, 0.15) is 55.1 Å². The van der Waals surface area contributed by atoms with E-state index in [1.165, 1.54) is 0 Å². The first-order valence-corrected chi connectivity index (χ1v) is 12.1. The lowest BCUT2D eigenvalue weighted by Crippen LogP contribution is -2.60. The number of amides is 3. The zero-order valence-electron chi connectivity index (χ0n) is 20.9. The zero-order valence-corrected chi connectivity index (χ0v) is 20.9. The molecular formula is C27H34N4O4. The van der Waals surface area contributed by atoms with Gasteiger partial charge in [0.05, 0.1) is 6.61 Å². The average molecular weight is 479 g/mol. The van der Waals surface area contributed by atoms with Crippen molar-refractivity contribution in [2.75, 3.05) is 19.7 Å². The van der Waals surface area contributed by atoms with E-state index >= 15 is 0 Å². The number of carbonyl (C=O) groups is 3. The Hall–Kier alpha value is -3.26. The molecule has 2 aliphatic heterocycles. The van der Waals surface area contributed by atoms with Crippen LogP contribution < -0.4 is 5.32 Å². The molecule has 0 saturated carbocycles. The fourth-order valence-corrected chi connectivity index (χ4v) is 4.83. The van der Waals surface area contributed by atoms with Crippen molar-refractivity contribution in [1.29, 1.82) is 0 Å². The number of hydrogen-bond acceptors (Lipinski definition) is 5. The molecule has 186 valence electrons. The third-order valence-corrected chi connectivity index (χ3v) is 6.74. The van der Waals surface area contributed by atoms with Gasteiger partial charge in [0, 0.05) is 55.8 Å². The number of likely N-dealkylation sites (tertiary alicyclic amines) is 1. The maximum Gasteiger partial charge on any atom is 0.256 e. The summed E-state index contributed by atoms with van der Waals surface area (Å²) in [7, 11) is 0. The molecule has 1 aromatic heterocycles. The van der Waals surface area contributed by atoms with E-state index in [4.69, 9.17) is 4.74 Å². The Morgan fingerprint density at radius 3 is 2.43 bits per heavy atom. The van der Waals surface area contributed by atoms with Gasteiger partial charge in [0.15, 0.2) is 0 Å². The van der Waals surface area contributed by atoms with E-state index in [9.17, 15) is 14.4 Å². The van der Waals surface area contributed by atoms with E-state index in [0.29, 0.717) is 38.0 Å². The molecule has 3 heterocycles. The summed E-state index contributed by atoms with van der Waals surface area (Å²) in [4.78, 5) is 47.4. The van der Waals surface area contributed by atoms with Crippen molar-refractivity contribution < 1.29 is 19.1 Å². The van der Waals surface area contributed by atoms with Gasteiger partial charge in [-0.15, -0.1) is 0 Å². The molecule has 0 unspecified atom stereocenters. The minimum atomic E-state index is -0.922. The van der Waals surface area contributed by atoms with Crippen molar-refractivity contribution in [1.82, 2.24) is 20.1 Å². The molecule has 1 N–H and O–H groups in total. The van der Waals surface area contributed by atoms with Crippen molar-refractivity contribution in [3.8, 4) is 0 Å². The molecule has 2 saturated heterocycles. The van der Waals surface area contributed by atoms with Crippen LogP contribution in [0, 0.1) is 12.3 Å². The van der Waals surface area contributed by atoms with Gasteiger partial charge in [-0.05, 0) is 36.8 Å². The molecule has 8 heteroatoms. The lowest BCUT2D eigenvalue weighted by atomic mass is 9.91. The minimum Gasteiger partial charge on any atom is -0.353 e. The van der Waals surface area contributed by atoms with Gasteiger partial charge in [0.2, 0.25) is 11.8 Å². The van der Waals surface area contributed by atoms with Crippen LogP contribution in [0.2, 0.25) is 0 Å². The van der Waals surface area contributed by atoms with Crippen molar-refractivity contribution in [3.63, 3.8) is 0 Å². The Morgan fingerprint density at radius 2 is 1.80 bits per heavy atom. The monoisotopic (exact) mass is 478 g/mol. The first-order valence-electron chi connectivity index (χ1n) is 12.1. The second-order valence-electron chi connectivity index (χ2n) is 10.4. The van der Waals surface area contributed by atoms with Gasteiger partial charge in [0.1, 0.15) is 11.8 Å². The lowest BCUT2D eigenvalue weighted by molar-refractivity contribution is -0.150. The summed E-state index contributed by atoms with van der Waals surface area (Å²) >= 11 is 0. The number of pyridine rings is 1.